The van der Waals surface area contributed by atoms with Crippen LogP contribution in [0.2, 0.25) is 0 Å². The molecule has 1 aliphatic rings. The van der Waals surface area contributed by atoms with Gasteiger partial charge in [-0.25, -0.2) is 9.97 Å². The van der Waals surface area contributed by atoms with Gasteiger partial charge in [0.05, 0.1) is 0 Å². The zero-order valence-electron chi connectivity index (χ0n) is 10.3. The Morgan fingerprint density at radius 3 is 2.79 bits per heavy atom. The molecule has 0 aliphatic heterocycles. The van der Waals surface area contributed by atoms with Crippen molar-refractivity contribution in [1.82, 2.24) is 9.97 Å². The number of nitrogens with zero attached hydrogens (tertiary/aromatic N) is 2. The summed E-state index contributed by atoms with van der Waals surface area (Å²) in [5.41, 5.74) is 0.852. The van der Waals surface area contributed by atoms with Crippen LogP contribution in [-0.2, 0) is 6.54 Å². The molecular weight excluding hydrogens is 306 g/mol. The average molecular weight is 320 g/mol. The van der Waals surface area contributed by atoms with Gasteiger partial charge in [0.1, 0.15) is 22.0 Å². The smallest absolute Gasteiger partial charge is 0.135 e. The Morgan fingerprint density at radius 1 is 1.26 bits per heavy atom. The normalized spacial score (nSPS) is 14.4. The summed E-state index contributed by atoms with van der Waals surface area (Å²) in [4.78, 5) is 8.89. The second-order valence-electron chi connectivity index (χ2n) is 4.69. The number of halogens is 1. The SMILES string of the molecule is Oc1ccccc1CNc1cc(Br)nc(C2CC2)n1. The lowest BCUT2D eigenvalue weighted by molar-refractivity contribution is 0.469. The van der Waals surface area contributed by atoms with E-state index in [0.717, 1.165) is 21.8 Å². The maximum atomic E-state index is 9.71. The second-order valence-corrected chi connectivity index (χ2v) is 5.50. The lowest BCUT2D eigenvalue weighted by atomic mass is 10.2. The lowest BCUT2D eigenvalue weighted by Gasteiger charge is -2.09. The number of hydrogen-bond donors (Lipinski definition) is 2. The van der Waals surface area contributed by atoms with E-state index in [1.54, 1.807) is 6.07 Å². The molecule has 1 heterocycles. The van der Waals surface area contributed by atoms with Crippen molar-refractivity contribution >= 4 is 21.7 Å². The minimum atomic E-state index is 0.297. The fourth-order valence-corrected chi connectivity index (χ4v) is 2.29. The van der Waals surface area contributed by atoms with E-state index >= 15 is 0 Å². The third-order valence-corrected chi connectivity index (χ3v) is 3.51. The number of aromatic hydroxyl groups is 1. The van der Waals surface area contributed by atoms with Gasteiger partial charge in [0, 0.05) is 24.1 Å². The van der Waals surface area contributed by atoms with Crippen LogP contribution in [0.5, 0.6) is 5.75 Å². The van der Waals surface area contributed by atoms with Crippen LogP contribution >= 0.6 is 15.9 Å². The molecule has 0 spiro atoms. The van der Waals surface area contributed by atoms with Gasteiger partial charge in [0.25, 0.3) is 0 Å². The van der Waals surface area contributed by atoms with Crippen LogP contribution in [0.25, 0.3) is 0 Å². The molecule has 1 aromatic heterocycles. The molecule has 2 N–H and O–H groups in total. The van der Waals surface area contributed by atoms with Crippen LogP contribution in [-0.4, -0.2) is 15.1 Å². The van der Waals surface area contributed by atoms with Gasteiger partial charge in [0.2, 0.25) is 0 Å². The molecular formula is C14H14BrN3O. The summed E-state index contributed by atoms with van der Waals surface area (Å²) >= 11 is 3.41. The predicted molar refractivity (Wildman–Crippen MR) is 77.1 cm³/mol. The third-order valence-electron chi connectivity index (χ3n) is 3.11. The van der Waals surface area contributed by atoms with Gasteiger partial charge in [-0.2, -0.15) is 0 Å². The first-order valence-corrected chi connectivity index (χ1v) is 7.07. The van der Waals surface area contributed by atoms with Crippen molar-refractivity contribution < 1.29 is 5.11 Å². The van der Waals surface area contributed by atoms with Crippen molar-refractivity contribution in [2.75, 3.05) is 5.32 Å². The molecule has 0 unspecified atom stereocenters. The van der Waals surface area contributed by atoms with Gasteiger partial charge in [0.15, 0.2) is 0 Å². The summed E-state index contributed by atoms with van der Waals surface area (Å²) in [6, 6.07) is 9.14. The molecule has 0 bridgehead atoms. The van der Waals surface area contributed by atoms with Crippen LogP contribution in [0.4, 0.5) is 5.82 Å². The van der Waals surface area contributed by atoms with Gasteiger partial charge in [-0.3, -0.25) is 0 Å². The van der Waals surface area contributed by atoms with Gasteiger partial charge in [-0.15, -0.1) is 0 Å². The fourth-order valence-electron chi connectivity index (χ4n) is 1.90. The molecule has 0 amide bonds. The number of nitrogens with one attached hydrogen (secondary N) is 1. The number of hydrogen-bond acceptors (Lipinski definition) is 4. The molecule has 0 saturated heterocycles. The van der Waals surface area contributed by atoms with E-state index in [1.807, 2.05) is 24.3 Å². The molecule has 3 rings (SSSR count). The molecule has 4 nitrogen and oxygen atoms in total. The molecule has 1 aromatic carbocycles. The minimum absolute atomic E-state index is 0.297. The van der Waals surface area contributed by atoms with Crippen molar-refractivity contribution in [1.29, 1.82) is 0 Å². The van der Waals surface area contributed by atoms with Gasteiger partial charge >= 0.3 is 0 Å². The summed E-state index contributed by atoms with van der Waals surface area (Å²) in [5, 5.41) is 12.9. The van der Waals surface area contributed by atoms with E-state index in [-0.39, 0.29) is 0 Å². The summed E-state index contributed by atoms with van der Waals surface area (Å²) in [7, 11) is 0. The second kappa shape index (κ2) is 5.17. The Morgan fingerprint density at radius 2 is 2.05 bits per heavy atom. The lowest BCUT2D eigenvalue weighted by Crippen LogP contribution is -2.04. The molecule has 2 aromatic rings. The highest BCUT2D eigenvalue weighted by molar-refractivity contribution is 9.10. The van der Waals surface area contributed by atoms with Crippen molar-refractivity contribution in [3.05, 3.63) is 46.3 Å². The van der Waals surface area contributed by atoms with E-state index < -0.39 is 0 Å². The first kappa shape index (κ1) is 12.4. The van der Waals surface area contributed by atoms with Crippen molar-refractivity contribution in [3.8, 4) is 5.75 Å². The number of phenols is 1. The fraction of sp³-hybridized carbons (Fsp3) is 0.286. The topological polar surface area (TPSA) is 58.0 Å². The Balaban J connectivity index is 1.74. The highest BCUT2D eigenvalue weighted by Crippen LogP contribution is 2.38. The molecule has 1 fully saturated rings. The Bertz CT molecular complexity index is 599. The molecule has 1 saturated carbocycles. The number of phenolic OH excluding ortho intramolecular Hbond substituents is 1. The van der Waals surface area contributed by atoms with Gasteiger partial charge < -0.3 is 10.4 Å². The molecule has 5 heteroatoms. The maximum Gasteiger partial charge on any atom is 0.135 e. The number of aromatic nitrogens is 2. The monoisotopic (exact) mass is 319 g/mol. The number of rotatable bonds is 4. The van der Waals surface area contributed by atoms with Crippen LogP contribution in [0, 0.1) is 0 Å². The predicted octanol–water partition coefficient (Wildman–Crippen LogP) is 3.43. The molecule has 1 aliphatic carbocycles. The largest absolute Gasteiger partial charge is 0.508 e. The summed E-state index contributed by atoms with van der Waals surface area (Å²) in [6.45, 7) is 0.542. The molecule has 98 valence electrons. The van der Waals surface area contributed by atoms with Crippen molar-refractivity contribution in [2.24, 2.45) is 0 Å². The highest BCUT2D eigenvalue weighted by Gasteiger charge is 2.27. The van der Waals surface area contributed by atoms with Crippen molar-refractivity contribution in [3.63, 3.8) is 0 Å². The van der Waals surface area contributed by atoms with Crippen LogP contribution in [0.15, 0.2) is 34.9 Å². The Labute approximate surface area is 120 Å². The van der Waals surface area contributed by atoms with E-state index in [0.29, 0.717) is 18.2 Å². The number of benzene rings is 1. The summed E-state index contributed by atoms with van der Waals surface area (Å²) in [6.07, 6.45) is 2.35. The van der Waals surface area contributed by atoms with Crippen LogP contribution in [0.1, 0.15) is 30.1 Å². The Kier molecular flexibility index (Phi) is 3.38. The first-order chi connectivity index (χ1) is 9.22. The zero-order chi connectivity index (χ0) is 13.2. The average Bonchev–Trinajstić information content (AvgIpc) is 3.21. The maximum absolute atomic E-state index is 9.71. The van der Waals surface area contributed by atoms with Gasteiger partial charge in [-0.05, 0) is 34.8 Å². The number of para-hydroxylation sites is 1. The van der Waals surface area contributed by atoms with E-state index in [4.69, 9.17) is 0 Å². The zero-order valence-corrected chi connectivity index (χ0v) is 11.9. The highest BCUT2D eigenvalue weighted by atomic mass is 79.9. The Hall–Kier alpha value is -1.62. The van der Waals surface area contributed by atoms with E-state index in [9.17, 15) is 5.11 Å². The van der Waals surface area contributed by atoms with E-state index in [1.165, 1.54) is 12.8 Å². The first-order valence-electron chi connectivity index (χ1n) is 6.27. The summed E-state index contributed by atoms with van der Waals surface area (Å²) in [5.74, 6) is 2.50. The molecule has 0 atom stereocenters. The standard InChI is InChI=1S/C14H14BrN3O/c15-12-7-13(18-14(17-12)9-5-6-9)16-8-10-3-1-2-4-11(10)19/h1-4,7,9,19H,5-6,8H2,(H,16,17,18). The number of anilines is 1. The van der Waals surface area contributed by atoms with Crippen LogP contribution < -0.4 is 5.32 Å². The molecule has 19 heavy (non-hydrogen) atoms. The minimum Gasteiger partial charge on any atom is -0.508 e. The third kappa shape index (κ3) is 3.04. The van der Waals surface area contributed by atoms with Gasteiger partial charge in [-0.1, -0.05) is 18.2 Å². The van der Waals surface area contributed by atoms with Crippen molar-refractivity contribution in [2.45, 2.75) is 25.3 Å². The summed E-state index contributed by atoms with van der Waals surface area (Å²) < 4.78 is 0.796. The van der Waals surface area contributed by atoms with Crippen LogP contribution in [0.3, 0.4) is 0 Å². The quantitative estimate of drug-likeness (QED) is 0.848. The molecule has 0 radical (unpaired) electrons. The van der Waals surface area contributed by atoms with E-state index in [2.05, 4.69) is 31.2 Å².